The molecule has 0 aromatic rings. The zero-order chi connectivity index (χ0) is 25.3. The predicted octanol–water partition coefficient (Wildman–Crippen LogP) is 4.47. The third-order valence-electron chi connectivity index (χ3n) is 8.52. The molecule has 2 atom stereocenters. The van der Waals surface area contributed by atoms with Crippen molar-refractivity contribution >= 4 is 59.2 Å². The second kappa shape index (κ2) is 11.2. The quantitative estimate of drug-likeness (QED) is 0.308. The van der Waals surface area contributed by atoms with Crippen molar-refractivity contribution in [3.8, 4) is 0 Å². The van der Waals surface area contributed by atoms with E-state index in [1.807, 2.05) is 0 Å². The summed E-state index contributed by atoms with van der Waals surface area (Å²) in [5, 5.41) is -0.111. The highest BCUT2D eigenvalue weighted by atomic mass is 30.1. The second-order valence-corrected chi connectivity index (χ2v) is 61.5. The molecule has 0 spiro atoms. The maximum Gasteiger partial charge on any atom is 0.475 e. The van der Waals surface area contributed by atoms with Gasteiger partial charge in [-0.2, -0.15) is 0 Å². The molecule has 0 amide bonds. The van der Waals surface area contributed by atoms with Crippen LogP contribution in [0.1, 0.15) is 69.2 Å². The van der Waals surface area contributed by atoms with Crippen molar-refractivity contribution in [1.29, 1.82) is 0 Å². The first-order valence-electron chi connectivity index (χ1n) is 13.3. The normalized spacial score (nSPS) is 24.7. The van der Waals surface area contributed by atoms with E-state index in [0.717, 1.165) is 6.04 Å². The van der Waals surface area contributed by atoms with Gasteiger partial charge in [-0.15, -0.1) is 0 Å². The van der Waals surface area contributed by atoms with E-state index >= 15 is 0 Å². The highest BCUT2D eigenvalue weighted by molar-refractivity contribution is 7.80. The standard InChI is InChI=1S/C22H58O3Si7/c1-16-31(14,15)25-32(24-30(11,12)13,23-29-27-26-28-29)21(8,9)22(10,19(6)7)20(17(2)3)18(4)5/h17-20,29H,16,26-28H2,1-15H3. The Morgan fingerprint density at radius 3 is 1.56 bits per heavy atom. The average molecular weight is 567 g/mol. The molecule has 1 fully saturated rings. The first-order chi connectivity index (χ1) is 14.3. The smallest absolute Gasteiger partial charge is 0.426 e. The van der Waals surface area contributed by atoms with Gasteiger partial charge in [-0.3, -0.25) is 0 Å². The van der Waals surface area contributed by atoms with Crippen LogP contribution in [0.25, 0.3) is 0 Å². The molecule has 3 nitrogen and oxygen atoms in total. The van der Waals surface area contributed by atoms with E-state index in [9.17, 15) is 0 Å². The molecule has 0 aromatic heterocycles. The fourth-order valence-electron chi connectivity index (χ4n) is 6.03. The van der Waals surface area contributed by atoms with Crippen molar-refractivity contribution in [3.05, 3.63) is 0 Å². The van der Waals surface area contributed by atoms with Crippen LogP contribution in [0.5, 0.6) is 0 Å². The van der Waals surface area contributed by atoms with Crippen LogP contribution in [0.2, 0.25) is 43.8 Å². The Kier molecular flexibility index (Phi) is 11.0. The molecule has 192 valence electrons. The summed E-state index contributed by atoms with van der Waals surface area (Å²) in [7, 11) is -6.82. The summed E-state index contributed by atoms with van der Waals surface area (Å²) >= 11 is 0. The zero-order valence-electron chi connectivity index (χ0n) is 24.4. The van der Waals surface area contributed by atoms with E-state index in [1.54, 1.807) is 0 Å². The van der Waals surface area contributed by atoms with Crippen LogP contribution in [-0.4, -0.2) is 59.2 Å². The highest BCUT2D eigenvalue weighted by Crippen LogP contribution is 2.64. The Hall–Kier alpha value is 1.40. The van der Waals surface area contributed by atoms with E-state index in [0.29, 0.717) is 32.2 Å². The van der Waals surface area contributed by atoms with Crippen LogP contribution in [0.3, 0.4) is 0 Å². The fraction of sp³-hybridized carbons (Fsp3) is 1.00. The molecule has 10 heteroatoms. The molecule has 1 rings (SSSR count). The summed E-state index contributed by atoms with van der Waals surface area (Å²) in [6, 6.07) is 1.13. The van der Waals surface area contributed by atoms with Crippen LogP contribution in [0.4, 0.5) is 0 Å². The Labute approximate surface area is 212 Å². The third kappa shape index (κ3) is 6.78. The minimum Gasteiger partial charge on any atom is -0.426 e. The van der Waals surface area contributed by atoms with Gasteiger partial charge in [-0.05, 0) is 76.4 Å². The van der Waals surface area contributed by atoms with Gasteiger partial charge in [0.1, 0.15) is 8.08 Å². The van der Waals surface area contributed by atoms with Crippen LogP contribution in [0.15, 0.2) is 0 Å². The van der Waals surface area contributed by atoms with Gasteiger partial charge in [-0.25, -0.2) is 0 Å². The molecule has 1 aliphatic rings. The largest absolute Gasteiger partial charge is 0.475 e. The lowest BCUT2D eigenvalue weighted by molar-refractivity contribution is -0.0207. The Morgan fingerprint density at radius 1 is 0.812 bits per heavy atom. The summed E-state index contributed by atoms with van der Waals surface area (Å²) in [6.07, 6.45) is 0. The van der Waals surface area contributed by atoms with Crippen molar-refractivity contribution in [2.45, 2.75) is 113 Å². The van der Waals surface area contributed by atoms with Crippen molar-refractivity contribution in [1.82, 2.24) is 0 Å². The van der Waals surface area contributed by atoms with Crippen LogP contribution >= 0.6 is 0 Å². The lowest BCUT2D eigenvalue weighted by atomic mass is 9.56. The first kappa shape index (κ1) is 31.4. The van der Waals surface area contributed by atoms with Crippen LogP contribution in [0, 0.1) is 29.1 Å². The highest BCUT2D eigenvalue weighted by Gasteiger charge is 2.68. The molecule has 32 heavy (non-hydrogen) atoms. The second-order valence-electron chi connectivity index (χ2n) is 13.7. The van der Waals surface area contributed by atoms with Crippen LogP contribution < -0.4 is 0 Å². The molecule has 0 aromatic carbocycles. The number of hydrogen-bond acceptors (Lipinski definition) is 3. The molecular weight excluding hydrogens is 509 g/mol. The Morgan fingerprint density at radius 2 is 1.28 bits per heavy atom. The summed E-state index contributed by atoms with van der Waals surface area (Å²) in [5.74, 6) is 2.37. The van der Waals surface area contributed by atoms with Crippen molar-refractivity contribution in [2.24, 2.45) is 29.1 Å². The van der Waals surface area contributed by atoms with Crippen molar-refractivity contribution in [2.75, 3.05) is 0 Å². The molecule has 2 unspecified atom stereocenters. The van der Waals surface area contributed by atoms with Crippen molar-refractivity contribution in [3.63, 3.8) is 0 Å². The van der Waals surface area contributed by atoms with Gasteiger partial charge in [0.15, 0.2) is 16.6 Å². The molecule has 1 heterocycles. The first-order valence-corrected chi connectivity index (χ1v) is 36.6. The van der Waals surface area contributed by atoms with E-state index < -0.39 is 33.5 Å². The topological polar surface area (TPSA) is 27.7 Å². The van der Waals surface area contributed by atoms with Gasteiger partial charge in [0.05, 0.1) is 0 Å². The van der Waals surface area contributed by atoms with E-state index in [1.165, 1.54) is 0 Å². The summed E-state index contributed by atoms with van der Waals surface area (Å²) in [6.45, 7) is 36.5. The van der Waals surface area contributed by atoms with E-state index in [-0.39, 0.29) is 27.6 Å². The Balaban J connectivity index is 3.87. The van der Waals surface area contributed by atoms with Gasteiger partial charge in [0, 0.05) is 22.1 Å². The predicted molar refractivity (Wildman–Crippen MR) is 163 cm³/mol. The average Bonchev–Trinajstić information content (AvgIpc) is 2.55. The van der Waals surface area contributed by atoms with Gasteiger partial charge in [-0.1, -0.05) is 69.2 Å². The minimum absolute atomic E-state index is 0.0815. The summed E-state index contributed by atoms with van der Waals surface area (Å²) in [5.41, 5.74) is 0.0815. The minimum atomic E-state index is -2.92. The molecule has 1 saturated heterocycles. The maximum atomic E-state index is 7.52. The van der Waals surface area contributed by atoms with Crippen molar-refractivity contribution < 1.29 is 12.3 Å². The molecule has 0 aliphatic carbocycles. The molecule has 1 aliphatic heterocycles. The molecule has 0 radical (unpaired) electrons. The molecule has 0 bridgehead atoms. The third-order valence-corrected chi connectivity index (χ3v) is 96.1. The lowest BCUT2D eigenvalue weighted by Gasteiger charge is -2.61. The maximum absolute atomic E-state index is 7.52. The van der Waals surface area contributed by atoms with Crippen LogP contribution in [-0.2, 0) is 12.3 Å². The number of rotatable bonds is 13. The monoisotopic (exact) mass is 566 g/mol. The van der Waals surface area contributed by atoms with Gasteiger partial charge in [0.2, 0.25) is 0 Å². The molecule has 0 saturated carbocycles. The van der Waals surface area contributed by atoms with E-state index in [4.69, 9.17) is 12.3 Å². The Bertz CT molecular complexity index is 595. The SMILES string of the molecule is CC[Si](C)(C)O[Si](O[SiH]1[SiH2][SiH2][SiH2]1)(O[Si](C)(C)C)C(C)(C)C(C)(C(C)C)C(C(C)C)C(C)C. The summed E-state index contributed by atoms with van der Waals surface area (Å²) in [4.78, 5) is 0. The fourth-order valence-corrected chi connectivity index (χ4v) is 63.7. The van der Waals surface area contributed by atoms with E-state index in [2.05, 4.69) is 102 Å². The zero-order valence-corrected chi connectivity index (χ0v) is 32.8. The lowest BCUT2D eigenvalue weighted by Crippen LogP contribution is -2.72. The molecule has 0 N–H and O–H groups in total. The summed E-state index contributed by atoms with van der Waals surface area (Å²) < 4.78 is 22.4. The van der Waals surface area contributed by atoms with Gasteiger partial charge < -0.3 is 12.3 Å². The number of hydrogen-bond donors (Lipinski definition) is 0. The van der Waals surface area contributed by atoms with Gasteiger partial charge in [0.25, 0.3) is 0 Å². The molecular formula is C22H58O3Si7. The van der Waals surface area contributed by atoms with Gasteiger partial charge >= 0.3 is 8.80 Å².